The van der Waals surface area contributed by atoms with Crippen LogP contribution in [0.3, 0.4) is 0 Å². The molecule has 2 aromatic carbocycles. The lowest BCUT2D eigenvalue weighted by Crippen LogP contribution is -2.30. The Bertz CT molecular complexity index is 922. The summed E-state index contributed by atoms with van der Waals surface area (Å²) in [6.45, 7) is 1.94. The van der Waals surface area contributed by atoms with Crippen molar-refractivity contribution in [3.8, 4) is 5.75 Å². The number of para-hydroxylation sites is 1. The van der Waals surface area contributed by atoms with Crippen LogP contribution >= 0.6 is 0 Å². The maximum absolute atomic E-state index is 5.75. The molecule has 0 saturated carbocycles. The number of rotatable bonds is 8. The molecule has 1 heterocycles. The van der Waals surface area contributed by atoms with Crippen LogP contribution in [0.2, 0.25) is 0 Å². The third-order valence-electron chi connectivity index (χ3n) is 4.24. The number of aromatic nitrogens is 1. The SMILES string of the molecule is CN=C(NCc1cccc2cccnc12)Nc1cccc(OCCCOC)c1. The van der Waals surface area contributed by atoms with E-state index >= 15 is 0 Å². The molecule has 28 heavy (non-hydrogen) atoms. The number of fused-ring (bicyclic) bond motifs is 1. The lowest BCUT2D eigenvalue weighted by atomic mass is 10.1. The molecule has 1 aromatic heterocycles. The number of ether oxygens (including phenoxy) is 2. The van der Waals surface area contributed by atoms with E-state index < -0.39 is 0 Å². The Morgan fingerprint density at radius 3 is 2.79 bits per heavy atom. The van der Waals surface area contributed by atoms with E-state index in [9.17, 15) is 0 Å². The molecule has 0 amide bonds. The van der Waals surface area contributed by atoms with Gasteiger partial charge in [-0.2, -0.15) is 0 Å². The summed E-state index contributed by atoms with van der Waals surface area (Å²) < 4.78 is 10.8. The van der Waals surface area contributed by atoms with Crippen LogP contribution in [0, 0.1) is 0 Å². The predicted octanol–water partition coefficient (Wildman–Crippen LogP) is 3.84. The van der Waals surface area contributed by atoms with Crippen molar-refractivity contribution < 1.29 is 9.47 Å². The molecule has 0 aliphatic heterocycles. The van der Waals surface area contributed by atoms with E-state index in [1.165, 1.54) is 0 Å². The molecule has 3 aromatic rings. The van der Waals surface area contributed by atoms with Crippen LogP contribution in [0.1, 0.15) is 12.0 Å². The smallest absolute Gasteiger partial charge is 0.195 e. The van der Waals surface area contributed by atoms with Crippen molar-refractivity contribution in [1.29, 1.82) is 0 Å². The van der Waals surface area contributed by atoms with Gasteiger partial charge in [-0.05, 0) is 23.8 Å². The van der Waals surface area contributed by atoms with Crippen LogP contribution in [0.25, 0.3) is 10.9 Å². The molecular weight excluding hydrogens is 352 g/mol. The fourth-order valence-electron chi connectivity index (χ4n) is 2.86. The van der Waals surface area contributed by atoms with E-state index in [4.69, 9.17) is 9.47 Å². The lowest BCUT2D eigenvalue weighted by Gasteiger charge is -2.14. The summed E-state index contributed by atoms with van der Waals surface area (Å²) in [5.74, 6) is 1.50. The fraction of sp³-hybridized carbons (Fsp3) is 0.273. The summed E-state index contributed by atoms with van der Waals surface area (Å²) in [7, 11) is 3.44. The topological polar surface area (TPSA) is 67.8 Å². The molecule has 0 aliphatic carbocycles. The quantitative estimate of drug-likeness (QED) is 0.354. The largest absolute Gasteiger partial charge is 0.493 e. The monoisotopic (exact) mass is 378 g/mol. The molecule has 3 rings (SSSR count). The number of benzene rings is 2. The Morgan fingerprint density at radius 1 is 1.07 bits per heavy atom. The van der Waals surface area contributed by atoms with Crippen molar-refractivity contribution in [3.05, 3.63) is 66.4 Å². The minimum atomic E-state index is 0.623. The number of nitrogens with zero attached hydrogens (tertiary/aromatic N) is 2. The van der Waals surface area contributed by atoms with Gasteiger partial charge in [-0.25, -0.2) is 0 Å². The van der Waals surface area contributed by atoms with Crippen molar-refractivity contribution in [3.63, 3.8) is 0 Å². The Labute approximate surface area is 165 Å². The summed E-state index contributed by atoms with van der Waals surface area (Å²) in [4.78, 5) is 8.81. The van der Waals surface area contributed by atoms with Crippen LogP contribution in [-0.4, -0.2) is 38.3 Å². The van der Waals surface area contributed by atoms with E-state index in [1.54, 1.807) is 14.2 Å². The van der Waals surface area contributed by atoms with Crippen molar-refractivity contribution in [2.45, 2.75) is 13.0 Å². The van der Waals surface area contributed by atoms with E-state index in [0.717, 1.165) is 34.3 Å². The van der Waals surface area contributed by atoms with Crippen LogP contribution in [0.4, 0.5) is 5.69 Å². The first kappa shape index (κ1) is 19.6. The number of nitrogens with one attached hydrogen (secondary N) is 2. The molecule has 0 fully saturated rings. The Balaban J connectivity index is 1.60. The summed E-state index contributed by atoms with van der Waals surface area (Å²) in [6.07, 6.45) is 2.67. The van der Waals surface area contributed by atoms with Gasteiger partial charge in [0.25, 0.3) is 0 Å². The Morgan fingerprint density at radius 2 is 1.93 bits per heavy atom. The summed E-state index contributed by atoms with van der Waals surface area (Å²) >= 11 is 0. The lowest BCUT2D eigenvalue weighted by molar-refractivity contribution is 0.172. The van der Waals surface area contributed by atoms with Gasteiger partial charge >= 0.3 is 0 Å². The number of aliphatic imine (C=N–C) groups is 1. The number of hydrogen-bond donors (Lipinski definition) is 2. The molecule has 146 valence electrons. The minimum absolute atomic E-state index is 0.623. The highest BCUT2D eigenvalue weighted by atomic mass is 16.5. The average molecular weight is 378 g/mol. The zero-order chi connectivity index (χ0) is 19.6. The van der Waals surface area contributed by atoms with Crippen LogP contribution in [0.15, 0.2) is 65.8 Å². The van der Waals surface area contributed by atoms with Crippen molar-refractivity contribution in [1.82, 2.24) is 10.3 Å². The van der Waals surface area contributed by atoms with E-state index in [0.29, 0.717) is 25.7 Å². The molecule has 0 spiro atoms. The molecule has 2 N–H and O–H groups in total. The minimum Gasteiger partial charge on any atom is -0.493 e. The van der Waals surface area contributed by atoms with E-state index in [-0.39, 0.29) is 0 Å². The first-order valence-electron chi connectivity index (χ1n) is 9.32. The normalized spacial score (nSPS) is 11.4. The second-order valence-electron chi connectivity index (χ2n) is 6.27. The first-order chi connectivity index (χ1) is 13.8. The van der Waals surface area contributed by atoms with Gasteiger partial charge in [0.15, 0.2) is 5.96 Å². The van der Waals surface area contributed by atoms with Gasteiger partial charge in [-0.15, -0.1) is 0 Å². The van der Waals surface area contributed by atoms with Gasteiger partial charge in [0.2, 0.25) is 0 Å². The highest BCUT2D eigenvalue weighted by Gasteiger charge is 2.05. The maximum Gasteiger partial charge on any atom is 0.195 e. The zero-order valence-corrected chi connectivity index (χ0v) is 16.3. The van der Waals surface area contributed by atoms with Crippen molar-refractivity contribution >= 4 is 22.5 Å². The van der Waals surface area contributed by atoms with Crippen LogP contribution in [-0.2, 0) is 11.3 Å². The Kier molecular flexibility index (Phi) is 7.21. The number of guanidine groups is 1. The third kappa shape index (κ3) is 5.44. The highest BCUT2D eigenvalue weighted by Crippen LogP contribution is 2.18. The van der Waals surface area contributed by atoms with Gasteiger partial charge in [0.05, 0.1) is 12.1 Å². The second kappa shape index (κ2) is 10.3. The molecule has 0 unspecified atom stereocenters. The van der Waals surface area contributed by atoms with Gasteiger partial charge in [0.1, 0.15) is 5.75 Å². The number of anilines is 1. The highest BCUT2D eigenvalue weighted by molar-refractivity contribution is 5.94. The molecule has 0 bridgehead atoms. The van der Waals surface area contributed by atoms with Crippen molar-refractivity contribution in [2.24, 2.45) is 4.99 Å². The van der Waals surface area contributed by atoms with Crippen LogP contribution < -0.4 is 15.4 Å². The van der Waals surface area contributed by atoms with Gasteiger partial charge < -0.3 is 20.1 Å². The fourth-order valence-corrected chi connectivity index (χ4v) is 2.86. The van der Waals surface area contributed by atoms with Crippen LogP contribution in [0.5, 0.6) is 5.75 Å². The zero-order valence-electron chi connectivity index (χ0n) is 16.3. The predicted molar refractivity (Wildman–Crippen MR) is 114 cm³/mol. The standard InChI is InChI=1S/C22H26N4O2/c1-23-22(25-16-18-8-3-7-17-9-5-12-24-21(17)18)26-19-10-4-11-20(15-19)28-14-6-13-27-2/h3-5,7-12,15H,6,13-14,16H2,1-2H3,(H2,23,25,26). The number of methoxy groups -OCH3 is 1. The molecule has 0 atom stereocenters. The molecule has 6 nitrogen and oxygen atoms in total. The van der Waals surface area contributed by atoms with Gasteiger partial charge in [0, 0.05) is 57.1 Å². The number of hydrogen-bond acceptors (Lipinski definition) is 4. The van der Waals surface area contributed by atoms with Crippen molar-refractivity contribution in [2.75, 3.05) is 32.7 Å². The first-order valence-corrected chi connectivity index (χ1v) is 9.32. The summed E-state index contributed by atoms with van der Waals surface area (Å²) in [5.41, 5.74) is 3.03. The summed E-state index contributed by atoms with van der Waals surface area (Å²) in [6, 6.07) is 18.0. The van der Waals surface area contributed by atoms with E-state index in [1.807, 2.05) is 42.6 Å². The van der Waals surface area contributed by atoms with Gasteiger partial charge in [-0.1, -0.05) is 30.3 Å². The molecular formula is C22H26N4O2. The molecule has 0 saturated heterocycles. The van der Waals surface area contributed by atoms with E-state index in [2.05, 4.69) is 38.8 Å². The molecule has 0 aliphatic rings. The average Bonchev–Trinajstić information content (AvgIpc) is 2.74. The third-order valence-corrected chi connectivity index (χ3v) is 4.24. The Hall–Kier alpha value is -3.12. The molecule has 0 radical (unpaired) electrons. The van der Waals surface area contributed by atoms with Gasteiger partial charge in [-0.3, -0.25) is 9.98 Å². The molecule has 6 heteroatoms. The number of pyridine rings is 1. The second-order valence-corrected chi connectivity index (χ2v) is 6.27. The maximum atomic E-state index is 5.75. The summed E-state index contributed by atoms with van der Waals surface area (Å²) in [5, 5.41) is 7.78.